The number of hydrogen-bond acceptors (Lipinski definition) is 5. The molecule has 4 rings (SSSR count). The number of hydrogen-bond donors (Lipinski definition) is 2. The lowest BCUT2D eigenvalue weighted by molar-refractivity contribution is -0.141. The van der Waals surface area contributed by atoms with Crippen LogP contribution in [-0.2, 0) is 6.18 Å². The molecule has 0 unspecified atom stereocenters. The Labute approximate surface area is 162 Å². The van der Waals surface area contributed by atoms with Crippen LogP contribution in [-0.4, -0.2) is 30.0 Å². The molecule has 0 saturated heterocycles. The van der Waals surface area contributed by atoms with Gasteiger partial charge in [0.15, 0.2) is 11.5 Å². The minimum absolute atomic E-state index is 0.167. The number of phenolic OH excluding ortho intramolecular Hbond substituents is 2. The average Bonchev–Trinajstić information content (AvgIpc) is 3.15. The molecule has 2 aromatic heterocycles. The second kappa shape index (κ2) is 6.93. The Balaban J connectivity index is 1.95. The third-order valence-electron chi connectivity index (χ3n) is 4.19. The van der Waals surface area contributed by atoms with E-state index in [2.05, 4.69) is 15.1 Å². The SMILES string of the molecule is Oc1cccc(-c2cc(-c3ccccc3)nn2-c2nccc(C(F)(F)F)n2)c1O. The van der Waals surface area contributed by atoms with Crippen molar-refractivity contribution in [2.75, 3.05) is 0 Å². The zero-order valence-electron chi connectivity index (χ0n) is 14.7. The molecule has 0 fully saturated rings. The Bertz CT molecular complexity index is 1170. The van der Waals surface area contributed by atoms with E-state index in [0.717, 1.165) is 16.9 Å². The number of aromatic hydroxyl groups is 2. The molecule has 146 valence electrons. The van der Waals surface area contributed by atoms with Gasteiger partial charge < -0.3 is 10.2 Å². The first kappa shape index (κ1) is 18.5. The largest absolute Gasteiger partial charge is 0.504 e. The van der Waals surface area contributed by atoms with Crippen molar-refractivity contribution in [3.05, 3.63) is 72.6 Å². The number of aromatic nitrogens is 4. The molecule has 0 aliphatic heterocycles. The van der Waals surface area contributed by atoms with Crippen LogP contribution in [0.3, 0.4) is 0 Å². The number of para-hydroxylation sites is 1. The molecule has 2 heterocycles. The average molecular weight is 398 g/mol. The monoisotopic (exact) mass is 398 g/mol. The fourth-order valence-corrected chi connectivity index (χ4v) is 2.82. The topological polar surface area (TPSA) is 84.1 Å². The first-order valence-electron chi connectivity index (χ1n) is 8.42. The normalized spacial score (nSPS) is 11.6. The van der Waals surface area contributed by atoms with Gasteiger partial charge in [0.05, 0.1) is 11.4 Å². The summed E-state index contributed by atoms with van der Waals surface area (Å²) in [7, 11) is 0. The lowest BCUT2D eigenvalue weighted by atomic mass is 10.1. The van der Waals surface area contributed by atoms with Crippen LogP contribution in [0.4, 0.5) is 13.2 Å². The molecule has 9 heteroatoms. The summed E-state index contributed by atoms with van der Waals surface area (Å²) >= 11 is 0. The molecule has 0 spiro atoms. The van der Waals surface area contributed by atoms with Crippen LogP contribution < -0.4 is 0 Å². The van der Waals surface area contributed by atoms with Crippen molar-refractivity contribution in [1.29, 1.82) is 0 Å². The van der Waals surface area contributed by atoms with Gasteiger partial charge in [0.25, 0.3) is 5.95 Å². The fourth-order valence-electron chi connectivity index (χ4n) is 2.82. The molecule has 0 aliphatic rings. The maximum Gasteiger partial charge on any atom is 0.433 e. The highest BCUT2D eigenvalue weighted by Crippen LogP contribution is 2.38. The lowest BCUT2D eigenvalue weighted by Gasteiger charge is -2.10. The Hall–Kier alpha value is -3.88. The highest BCUT2D eigenvalue weighted by atomic mass is 19.4. The van der Waals surface area contributed by atoms with Gasteiger partial charge >= 0.3 is 6.18 Å². The van der Waals surface area contributed by atoms with Crippen molar-refractivity contribution in [1.82, 2.24) is 19.7 Å². The number of halogens is 3. The van der Waals surface area contributed by atoms with Gasteiger partial charge in [0.1, 0.15) is 5.69 Å². The third kappa shape index (κ3) is 3.49. The maximum absolute atomic E-state index is 13.1. The van der Waals surface area contributed by atoms with Crippen molar-refractivity contribution < 1.29 is 23.4 Å². The van der Waals surface area contributed by atoms with Gasteiger partial charge in [0, 0.05) is 17.3 Å². The van der Waals surface area contributed by atoms with Gasteiger partial charge in [-0.2, -0.15) is 23.0 Å². The molecular formula is C20H13F3N4O2. The fraction of sp³-hybridized carbons (Fsp3) is 0.0500. The Kier molecular flexibility index (Phi) is 4.42. The van der Waals surface area contributed by atoms with E-state index in [0.29, 0.717) is 11.3 Å². The van der Waals surface area contributed by atoms with Crippen molar-refractivity contribution in [3.63, 3.8) is 0 Å². The first-order valence-corrected chi connectivity index (χ1v) is 8.42. The summed E-state index contributed by atoms with van der Waals surface area (Å²) in [5.74, 6) is -1.12. The second-order valence-corrected chi connectivity index (χ2v) is 6.11. The van der Waals surface area contributed by atoms with Crippen molar-refractivity contribution >= 4 is 0 Å². The van der Waals surface area contributed by atoms with Crippen LogP contribution in [0.1, 0.15) is 5.69 Å². The Morgan fingerprint density at radius 3 is 2.38 bits per heavy atom. The molecule has 0 saturated carbocycles. The van der Waals surface area contributed by atoms with E-state index < -0.39 is 17.6 Å². The van der Waals surface area contributed by atoms with Crippen LogP contribution in [0.5, 0.6) is 11.5 Å². The molecule has 6 nitrogen and oxygen atoms in total. The minimum Gasteiger partial charge on any atom is -0.504 e. The molecular weight excluding hydrogens is 385 g/mol. The van der Waals surface area contributed by atoms with Crippen LogP contribution in [0, 0.1) is 0 Å². The van der Waals surface area contributed by atoms with Crippen molar-refractivity contribution in [3.8, 4) is 40.0 Å². The summed E-state index contributed by atoms with van der Waals surface area (Å²) in [5.41, 5.74) is 0.408. The second-order valence-electron chi connectivity index (χ2n) is 6.11. The van der Waals surface area contributed by atoms with Crippen LogP contribution in [0.25, 0.3) is 28.5 Å². The highest BCUT2D eigenvalue weighted by Gasteiger charge is 2.33. The smallest absolute Gasteiger partial charge is 0.433 e. The maximum atomic E-state index is 13.1. The zero-order chi connectivity index (χ0) is 20.6. The molecule has 2 N–H and O–H groups in total. The van der Waals surface area contributed by atoms with Gasteiger partial charge in [-0.15, -0.1) is 0 Å². The number of phenols is 2. The van der Waals surface area contributed by atoms with E-state index in [1.54, 1.807) is 30.3 Å². The van der Waals surface area contributed by atoms with Gasteiger partial charge in [-0.05, 0) is 24.3 Å². The number of nitrogens with zero attached hydrogens (tertiary/aromatic N) is 4. The van der Waals surface area contributed by atoms with Crippen molar-refractivity contribution in [2.24, 2.45) is 0 Å². The molecule has 0 atom stereocenters. The molecule has 0 amide bonds. The summed E-state index contributed by atoms with van der Waals surface area (Å²) in [5, 5.41) is 24.5. The molecule has 0 radical (unpaired) electrons. The quantitative estimate of drug-likeness (QED) is 0.499. The molecule has 0 bridgehead atoms. The third-order valence-corrected chi connectivity index (χ3v) is 4.19. The van der Waals surface area contributed by atoms with E-state index >= 15 is 0 Å². The number of alkyl halides is 3. The van der Waals surface area contributed by atoms with Gasteiger partial charge in [-0.3, -0.25) is 0 Å². The molecule has 2 aromatic carbocycles. The molecule has 29 heavy (non-hydrogen) atoms. The summed E-state index contributed by atoms with van der Waals surface area (Å²) in [6, 6.07) is 15.6. The Morgan fingerprint density at radius 2 is 1.66 bits per heavy atom. The van der Waals surface area contributed by atoms with E-state index in [1.807, 2.05) is 6.07 Å². The predicted octanol–water partition coefficient (Wildman–Crippen LogP) is 4.43. The summed E-state index contributed by atoms with van der Waals surface area (Å²) in [4.78, 5) is 7.49. The molecule has 4 aromatic rings. The number of rotatable bonds is 3. The standard InChI is InChI=1S/C20H13F3N4O2/c21-20(22,23)17-9-10-24-19(25-17)27-15(13-7-4-8-16(28)18(13)29)11-14(26-27)12-5-2-1-3-6-12/h1-11,28-29H. The van der Waals surface area contributed by atoms with Gasteiger partial charge in [-0.1, -0.05) is 36.4 Å². The van der Waals surface area contributed by atoms with E-state index in [4.69, 9.17) is 0 Å². The summed E-state index contributed by atoms with van der Waals surface area (Å²) in [6.07, 6.45) is -3.67. The van der Waals surface area contributed by atoms with Crippen LogP contribution >= 0.6 is 0 Å². The predicted molar refractivity (Wildman–Crippen MR) is 98.4 cm³/mol. The Morgan fingerprint density at radius 1 is 0.897 bits per heavy atom. The van der Waals surface area contributed by atoms with E-state index in [9.17, 15) is 23.4 Å². The van der Waals surface area contributed by atoms with E-state index in [1.165, 1.54) is 18.2 Å². The number of benzene rings is 2. The summed E-state index contributed by atoms with van der Waals surface area (Å²) < 4.78 is 40.4. The van der Waals surface area contributed by atoms with Crippen LogP contribution in [0.15, 0.2) is 66.9 Å². The van der Waals surface area contributed by atoms with E-state index in [-0.39, 0.29) is 23.0 Å². The minimum atomic E-state index is -4.65. The zero-order valence-corrected chi connectivity index (χ0v) is 14.7. The van der Waals surface area contributed by atoms with Gasteiger partial charge in [0.2, 0.25) is 0 Å². The van der Waals surface area contributed by atoms with Crippen molar-refractivity contribution in [2.45, 2.75) is 6.18 Å². The molecule has 0 aliphatic carbocycles. The first-order chi connectivity index (χ1) is 13.8. The summed E-state index contributed by atoms with van der Waals surface area (Å²) in [6.45, 7) is 0. The van der Waals surface area contributed by atoms with Crippen LogP contribution in [0.2, 0.25) is 0 Å². The van der Waals surface area contributed by atoms with Gasteiger partial charge in [-0.25, -0.2) is 9.97 Å². The lowest BCUT2D eigenvalue weighted by Crippen LogP contribution is -2.12. The highest BCUT2D eigenvalue weighted by molar-refractivity contribution is 5.75.